The van der Waals surface area contributed by atoms with Gasteiger partial charge >= 0.3 is 11.9 Å². The average Bonchev–Trinajstić information content (AvgIpc) is 2.51. The van der Waals surface area contributed by atoms with Gasteiger partial charge in [0.15, 0.2) is 5.41 Å². The molecule has 3 rings (SSSR count). The number of carbonyl (C=O) groups is 2. The predicted molar refractivity (Wildman–Crippen MR) is 106 cm³/mol. The maximum atomic E-state index is 12.8. The molecule has 1 heterocycles. The van der Waals surface area contributed by atoms with Crippen molar-refractivity contribution in [2.75, 3.05) is 13.1 Å². The summed E-state index contributed by atoms with van der Waals surface area (Å²) in [5.41, 5.74) is -0.738. The standard InChI is InChI=1S/C21H29NO6S/c1-14(2)27-18(23)21(19(24)28-15(3)4)10-20(11-21)12-22(13-20)29(25,26)17-8-6-16(5)7-9-17/h6-9,14-15H,10-13H2,1-5H3. The molecule has 1 saturated carbocycles. The van der Waals surface area contributed by atoms with Crippen LogP contribution in [-0.2, 0) is 29.1 Å². The lowest BCUT2D eigenvalue weighted by atomic mass is 9.50. The monoisotopic (exact) mass is 423 g/mol. The van der Waals surface area contributed by atoms with Crippen LogP contribution in [0.15, 0.2) is 29.2 Å². The second-order valence-electron chi connectivity index (χ2n) is 8.93. The van der Waals surface area contributed by atoms with Gasteiger partial charge in [0, 0.05) is 18.5 Å². The zero-order chi connectivity index (χ0) is 21.6. The van der Waals surface area contributed by atoms with E-state index in [0.717, 1.165) is 5.56 Å². The van der Waals surface area contributed by atoms with Crippen LogP contribution in [-0.4, -0.2) is 50.0 Å². The van der Waals surface area contributed by atoms with Gasteiger partial charge in [0.1, 0.15) is 0 Å². The zero-order valence-corrected chi connectivity index (χ0v) is 18.4. The van der Waals surface area contributed by atoms with Crippen LogP contribution in [0.5, 0.6) is 0 Å². The van der Waals surface area contributed by atoms with Crippen molar-refractivity contribution in [3.8, 4) is 0 Å². The molecule has 1 saturated heterocycles. The molecule has 29 heavy (non-hydrogen) atoms. The fraction of sp³-hybridized carbons (Fsp3) is 0.619. The van der Waals surface area contributed by atoms with Crippen LogP contribution in [0.3, 0.4) is 0 Å². The highest BCUT2D eigenvalue weighted by Gasteiger charge is 2.69. The molecule has 0 radical (unpaired) electrons. The van der Waals surface area contributed by atoms with E-state index in [4.69, 9.17) is 9.47 Å². The van der Waals surface area contributed by atoms with Crippen molar-refractivity contribution >= 4 is 22.0 Å². The highest BCUT2D eigenvalue weighted by Crippen LogP contribution is 2.61. The van der Waals surface area contributed by atoms with E-state index in [1.165, 1.54) is 4.31 Å². The summed E-state index contributed by atoms with van der Waals surface area (Å²) in [5, 5.41) is 0. The number of nitrogens with zero attached hydrogens (tertiary/aromatic N) is 1. The van der Waals surface area contributed by atoms with Crippen LogP contribution in [0.25, 0.3) is 0 Å². The Labute approximate surface area is 172 Å². The SMILES string of the molecule is Cc1ccc(S(=O)(=O)N2CC3(C2)CC(C(=O)OC(C)C)(C(=O)OC(C)C)C3)cc1. The molecule has 2 aliphatic rings. The Bertz CT molecular complexity index is 866. The lowest BCUT2D eigenvalue weighted by Gasteiger charge is -2.61. The number of hydrogen-bond acceptors (Lipinski definition) is 6. The molecular formula is C21H29NO6S. The number of aryl methyl sites for hydroxylation is 1. The van der Waals surface area contributed by atoms with E-state index in [9.17, 15) is 18.0 Å². The van der Waals surface area contributed by atoms with Gasteiger partial charge in [-0.25, -0.2) is 8.42 Å². The van der Waals surface area contributed by atoms with Crippen LogP contribution < -0.4 is 0 Å². The van der Waals surface area contributed by atoms with Gasteiger partial charge < -0.3 is 9.47 Å². The fourth-order valence-electron chi connectivity index (χ4n) is 4.21. The Hall–Kier alpha value is -1.93. The highest BCUT2D eigenvalue weighted by atomic mass is 32.2. The van der Waals surface area contributed by atoms with Gasteiger partial charge in [0.2, 0.25) is 10.0 Å². The molecule has 8 heteroatoms. The van der Waals surface area contributed by atoms with E-state index >= 15 is 0 Å². The summed E-state index contributed by atoms with van der Waals surface area (Å²) in [6.07, 6.45) is -0.196. The molecule has 0 unspecified atom stereocenters. The van der Waals surface area contributed by atoms with Crippen molar-refractivity contribution in [1.82, 2.24) is 4.31 Å². The third-order valence-electron chi connectivity index (χ3n) is 5.50. The van der Waals surface area contributed by atoms with Crippen molar-refractivity contribution in [3.63, 3.8) is 0 Å². The van der Waals surface area contributed by atoms with Gasteiger partial charge in [-0.3, -0.25) is 9.59 Å². The van der Waals surface area contributed by atoms with E-state index < -0.39 is 27.4 Å². The van der Waals surface area contributed by atoms with Crippen molar-refractivity contribution in [1.29, 1.82) is 0 Å². The lowest BCUT2D eigenvalue weighted by molar-refractivity contribution is -0.204. The van der Waals surface area contributed by atoms with Crippen LogP contribution in [0, 0.1) is 17.8 Å². The first-order valence-corrected chi connectivity index (χ1v) is 11.3. The molecule has 1 aliphatic heterocycles. The second kappa shape index (κ2) is 7.40. The number of hydrogen-bond donors (Lipinski definition) is 0. The van der Waals surface area contributed by atoms with E-state index in [-0.39, 0.29) is 48.4 Å². The molecule has 160 valence electrons. The Morgan fingerprint density at radius 3 is 1.79 bits per heavy atom. The van der Waals surface area contributed by atoms with Gasteiger partial charge in [-0.15, -0.1) is 0 Å². The van der Waals surface area contributed by atoms with Crippen LogP contribution >= 0.6 is 0 Å². The Morgan fingerprint density at radius 1 is 0.931 bits per heavy atom. The molecule has 2 fully saturated rings. The molecule has 7 nitrogen and oxygen atoms in total. The summed E-state index contributed by atoms with van der Waals surface area (Å²) < 4.78 is 37.7. The molecule has 0 bridgehead atoms. The third kappa shape index (κ3) is 3.92. The summed E-state index contributed by atoms with van der Waals surface area (Å²) in [6.45, 7) is 9.39. The number of ether oxygens (including phenoxy) is 2. The fourth-order valence-corrected chi connectivity index (χ4v) is 5.87. The largest absolute Gasteiger partial charge is 0.462 e. The van der Waals surface area contributed by atoms with Gasteiger partial charge in [0.05, 0.1) is 17.1 Å². The Kier molecular flexibility index (Phi) is 5.55. The van der Waals surface area contributed by atoms with Crippen LogP contribution in [0.2, 0.25) is 0 Å². The van der Waals surface area contributed by atoms with Gasteiger partial charge in [-0.1, -0.05) is 17.7 Å². The minimum absolute atomic E-state index is 0.247. The summed E-state index contributed by atoms with van der Waals surface area (Å²) in [7, 11) is -3.58. The quantitative estimate of drug-likeness (QED) is 0.516. The Morgan fingerprint density at radius 2 is 1.38 bits per heavy atom. The molecule has 0 atom stereocenters. The normalized spacial score (nSPS) is 20.2. The Balaban J connectivity index is 1.72. The molecule has 1 spiro atoms. The van der Waals surface area contributed by atoms with Crippen molar-refractivity contribution in [3.05, 3.63) is 29.8 Å². The molecule has 1 aromatic carbocycles. The molecule has 0 N–H and O–H groups in total. The first-order chi connectivity index (χ1) is 13.4. The minimum Gasteiger partial charge on any atom is -0.462 e. The number of carbonyl (C=O) groups excluding carboxylic acids is 2. The number of sulfonamides is 1. The first kappa shape index (κ1) is 21.8. The number of benzene rings is 1. The van der Waals surface area contributed by atoms with Gasteiger partial charge in [-0.05, 0) is 59.6 Å². The maximum Gasteiger partial charge on any atom is 0.323 e. The molecule has 0 amide bonds. The lowest BCUT2D eigenvalue weighted by Crippen LogP contribution is -2.70. The minimum atomic E-state index is -3.58. The van der Waals surface area contributed by atoms with E-state index in [1.807, 2.05) is 6.92 Å². The molecular weight excluding hydrogens is 394 g/mol. The summed E-state index contributed by atoms with van der Waals surface area (Å²) >= 11 is 0. The van der Waals surface area contributed by atoms with E-state index in [1.54, 1.807) is 52.0 Å². The summed E-state index contributed by atoms with van der Waals surface area (Å²) in [5.74, 6) is -1.16. The first-order valence-electron chi connectivity index (χ1n) is 9.89. The van der Waals surface area contributed by atoms with Gasteiger partial charge in [0.25, 0.3) is 0 Å². The van der Waals surface area contributed by atoms with Crippen LogP contribution in [0.1, 0.15) is 46.1 Å². The summed E-state index contributed by atoms with van der Waals surface area (Å²) in [6, 6.07) is 6.72. The number of rotatable bonds is 6. The molecule has 1 aliphatic carbocycles. The smallest absolute Gasteiger partial charge is 0.323 e. The molecule has 1 aromatic rings. The van der Waals surface area contributed by atoms with E-state index in [2.05, 4.69) is 0 Å². The zero-order valence-electron chi connectivity index (χ0n) is 17.6. The maximum absolute atomic E-state index is 12.8. The molecule has 0 aromatic heterocycles. The second-order valence-corrected chi connectivity index (χ2v) is 10.9. The predicted octanol–water partition coefficient (Wildman–Crippen LogP) is 2.67. The highest BCUT2D eigenvalue weighted by molar-refractivity contribution is 7.89. The van der Waals surface area contributed by atoms with Gasteiger partial charge in [-0.2, -0.15) is 4.31 Å². The van der Waals surface area contributed by atoms with E-state index in [0.29, 0.717) is 0 Å². The van der Waals surface area contributed by atoms with Crippen molar-refractivity contribution in [2.24, 2.45) is 10.8 Å². The average molecular weight is 424 g/mol. The topological polar surface area (TPSA) is 90.0 Å². The van der Waals surface area contributed by atoms with Crippen molar-refractivity contribution < 1.29 is 27.5 Å². The number of esters is 2. The van der Waals surface area contributed by atoms with Crippen LogP contribution in [0.4, 0.5) is 0 Å². The van der Waals surface area contributed by atoms with Crippen molar-refractivity contribution in [2.45, 2.75) is 64.6 Å². The summed E-state index contributed by atoms with van der Waals surface area (Å²) in [4.78, 5) is 25.6. The third-order valence-corrected chi connectivity index (χ3v) is 7.31.